The molecule has 6 N–H and O–H groups in total. The molecule has 12 nitrogen and oxygen atoms in total. The minimum atomic E-state index is -0.315. The van der Waals surface area contributed by atoms with Gasteiger partial charge in [-0.15, -0.1) is 0 Å². The summed E-state index contributed by atoms with van der Waals surface area (Å²) in [5.41, 5.74) is 8.71. The van der Waals surface area contributed by atoms with Crippen LogP contribution in [0, 0.1) is 5.82 Å². The van der Waals surface area contributed by atoms with Crippen molar-refractivity contribution in [2.45, 2.75) is 19.5 Å². The molecule has 3 aromatic carbocycles. The van der Waals surface area contributed by atoms with Gasteiger partial charge in [-0.05, 0) is 53.1 Å². The molecule has 0 saturated heterocycles. The fourth-order valence-electron chi connectivity index (χ4n) is 4.09. The number of nitrogens with two attached hydrogens (primary N) is 1. The van der Waals surface area contributed by atoms with Gasteiger partial charge in [-0.25, -0.2) is 4.39 Å². The summed E-state index contributed by atoms with van der Waals surface area (Å²) in [6.45, 7) is 3.53. The highest BCUT2D eigenvalue weighted by atomic mass is 19.1. The maximum Gasteiger partial charge on any atom is 0.233 e. The van der Waals surface area contributed by atoms with Crippen molar-refractivity contribution in [1.29, 1.82) is 0 Å². The Morgan fingerprint density at radius 3 is 2.09 bits per heavy atom. The number of ether oxygens (including phenoxy) is 3. The molecule has 13 heteroatoms. The molecule has 1 heterocycles. The molecular weight excluding hydrogens is 579 g/mol. The number of hydrogen-bond donors (Lipinski definition) is 5. The molecule has 1 aromatic heterocycles. The maximum atomic E-state index is 13.7. The normalized spacial score (nSPS) is 10.7. The van der Waals surface area contributed by atoms with Crippen molar-refractivity contribution in [3.8, 4) is 5.75 Å². The van der Waals surface area contributed by atoms with E-state index in [4.69, 9.17) is 19.9 Å². The highest BCUT2D eigenvalue weighted by molar-refractivity contribution is 5.78. The van der Waals surface area contributed by atoms with E-state index in [1.807, 2.05) is 54.6 Å². The van der Waals surface area contributed by atoms with Crippen LogP contribution in [0.1, 0.15) is 16.7 Å². The zero-order valence-corrected chi connectivity index (χ0v) is 25.2. The first kappa shape index (κ1) is 33.1. The molecule has 4 rings (SSSR count). The second-order valence-corrected chi connectivity index (χ2v) is 9.85. The van der Waals surface area contributed by atoms with E-state index in [1.165, 1.54) is 12.1 Å². The van der Waals surface area contributed by atoms with Gasteiger partial charge in [-0.3, -0.25) is 4.79 Å². The van der Waals surface area contributed by atoms with Crippen molar-refractivity contribution in [3.05, 3.63) is 95.3 Å². The van der Waals surface area contributed by atoms with Crippen LogP contribution < -0.4 is 31.7 Å². The van der Waals surface area contributed by atoms with Crippen LogP contribution in [0.3, 0.4) is 0 Å². The Balaban J connectivity index is 1.34. The number of hydrogen-bond acceptors (Lipinski definition) is 11. The lowest BCUT2D eigenvalue weighted by Gasteiger charge is -2.12. The van der Waals surface area contributed by atoms with E-state index < -0.39 is 0 Å². The Labute approximate surface area is 261 Å². The SMILES string of the molecule is COc1ccc(CNc2nc(NCc3cccc(F)c3)nc(Nc3ccc(CC(=O)NCCOCCOCCN)cc3)n2)cc1. The topological polar surface area (TPSA) is 158 Å². The highest BCUT2D eigenvalue weighted by Crippen LogP contribution is 2.19. The second kappa shape index (κ2) is 18.1. The number of nitrogens with one attached hydrogen (secondary N) is 4. The van der Waals surface area contributed by atoms with E-state index in [-0.39, 0.29) is 18.1 Å². The van der Waals surface area contributed by atoms with Gasteiger partial charge in [0.1, 0.15) is 11.6 Å². The summed E-state index contributed by atoms with van der Waals surface area (Å²) in [4.78, 5) is 25.8. The molecule has 0 radical (unpaired) electrons. The van der Waals surface area contributed by atoms with Crippen molar-refractivity contribution in [2.75, 3.05) is 62.6 Å². The maximum absolute atomic E-state index is 13.7. The highest BCUT2D eigenvalue weighted by Gasteiger charge is 2.09. The van der Waals surface area contributed by atoms with Gasteiger partial charge in [0.25, 0.3) is 0 Å². The average Bonchev–Trinajstić information content (AvgIpc) is 3.05. The first-order chi connectivity index (χ1) is 22.0. The number of nitrogens with zero attached hydrogens (tertiary/aromatic N) is 3. The lowest BCUT2D eigenvalue weighted by molar-refractivity contribution is -0.120. The van der Waals surface area contributed by atoms with Gasteiger partial charge in [0.15, 0.2) is 0 Å². The molecule has 0 aliphatic rings. The number of benzene rings is 3. The summed E-state index contributed by atoms with van der Waals surface area (Å²) in [5.74, 6) is 1.33. The molecular formula is C32H39FN8O4. The molecule has 45 heavy (non-hydrogen) atoms. The van der Waals surface area contributed by atoms with E-state index >= 15 is 0 Å². The number of carbonyl (C=O) groups is 1. The first-order valence-electron chi connectivity index (χ1n) is 14.6. The van der Waals surface area contributed by atoms with Crippen molar-refractivity contribution in [1.82, 2.24) is 20.3 Å². The summed E-state index contributed by atoms with van der Waals surface area (Å²) < 4.78 is 29.6. The van der Waals surface area contributed by atoms with E-state index in [9.17, 15) is 9.18 Å². The molecule has 0 fully saturated rings. The first-order valence-corrected chi connectivity index (χ1v) is 14.6. The van der Waals surface area contributed by atoms with Crippen LogP contribution in [0.15, 0.2) is 72.8 Å². The third-order valence-electron chi connectivity index (χ3n) is 6.36. The monoisotopic (exact) mass is 618 g/mol. The number of halogens is 1. The fourth-order valence-corrected chi connectivity index (χ4v) is 4.09. The minimum Gasteiger partial charge on any atom is -0.497 e. The number of anilines is 4. The van der Waals surface area contributed by atoms with Crippen molar-refractivity contribution < 1.29 is 23.4 Å². The van der Waals surface area contributed by atoms with E-state index in [1.54, 1.807) is 13.2 Å². The van der Waals surface area contributed by atoms with Gasteiger partial charge in [0.05, 0.1) is 40.0 Å². The number of rotatable bonds is 19. The summed E-state index contributed by atoms with van der Waals surface area (Å²) >= 11 is 0. The Kier molecular flexibility index (Phi) is 13.3. The Morgan fingerprint density at radius 2 is 1.42 bits per heavy atom. The molecule has 0 saturated carbocycles. The van der Waals surface area contributed by atoms with Crippen LogP contribution in [-0.2, 0) is 33.8 Å². The Bertz CT molecular complexity index is 1480. The quantitative estimate of drug-likeness (QED) is 0.0978. The Morgan fingerprint density at radius 1 is 0.778 bits per heavy atom. The van der Waals surface area contributed by atoms with Gasteiger partial charge >= 0.3 is 0 Å². The van der Waals surface area contributed by atoms with Crippen LogP contribution in [-0.4, -0.2) is 67.5 Å². The van der Waals surface area contributed by atoms with Crippen molar-refractivity contribution >= 4 is 29.4 Å². The lowest BCUT2D eigenvalue weighted by atomic mass is 10.1. The smallest absolute Gasteiger partial charge is 0.233 e. The molecule has 4 aromatic rings. The summed E-state index contributed by atoms with van der Waals surface area (Å²) in [7, 11) is 1.62. The minimum absolute atomic E-state index is 0.0993. The third kappa shape index (κ3) is 12.0. The molecule has 0 bridgehead atoms. The van der Waals surface area contributed by atoms with Crippen LogP contribution in [0.5, 0.6) is 5.75 Å². The van der Waals surface area contributed by atoms with E-state index in [2.05, 4.69) is 36.2 Å². The van der Waals surface area contributed by atoms with Crippen molar-refractivity contribution in [3.63, 3.8) is 0 Å². The number of amides is 1. The lowest BCUT2D eigenvalue weighted by Crippen LogP contribution is -2.29. The zero-order chi connectivity index (χ0) is 31.7. The molecule has 0 aliphatic carbocycles. The molecule has 0 unspecified atom stereocenters. The standard InChI is InChI=1S/C32H39FN8O4/c1-43-28-11-7-24(8-12-28)21-36-30-39-31(37-22-25-3-2-4-26(33)19-25)41-32(40-30)38-27-9-5-23(6-10-27)20-29(42)35-14-16-45-18-17-44-15-13-34/h2-12,19H,13-18,20-22,34H2,1H3,(H,35,42)(H3,36,37,38,39,40,41). The van der Waals surface area contributed by atoms with Crippen LogP contribution >= 0.6 is 0 Å². The van der Waals surface area contributed by atoms with Crippen LogP contribution in [0.4, 0.5) is 27.9 Å². The van der Waals surface area contributed by atoms with Gasteiger partial charge < -0.3 is 41.2 Å². The van der Waals surface area contributed by atoms with Gasteiger partial charge in [-0.1, -0.05) is 36.4 Å². The number of aromatic nitrogens is 3. The summed E-state index contributed by atoms with van der Waals surface area (Å²) in [6, 6.07) is 21.4. The zero-order valence-electron chi connectivity index (χ0n) is 25.2. The molecule has 1 amide bonds. The predicted octanol–water partition coefficient (Wildman–Crippen LogP) is 3.64. The van der Waals surface area contributed by atoms with Gasteiger partial charge in [0, 0.05) is 31.9 Å². The average molecular weight is 619 g/mol. The van der Waals surface area contributed by atoms with Crippen molar-refractivity contribution in [2.24, 2.45) is 5.73 Å². The summed E-state index contributed by atoms with van der Waals surface area (Å²) in [6.07, 6.45) is 0.235. The van der Waals surface area contributed by atoms with Crippen LogP contribution in [0.25, 0.3) is 0 Å². The summed E-state index contributed by atoms with van der Waals surface area (Å²) in [5, 5.41) is 12.4. The fraction of sp³-hybridized carbons (Fsp3) is 0.312. The molecule has 0 spiro atoms. The van der Waals surface area contributed by atoms with Crippen LogP contribution in [0.2, 0.25) is 0 Å². The second-order valence-electron chi connectivity index (χ2n) is 9.85. The molecule has 0 atom stereocenters. The predicted molar refractivity (Wildman–Crippen MR) is 171 cm³/mol. The number of methoxy groups -OCH3 is 1. The third-order valence-corrected chi connectivity index (χ3v) is 6.36. The van der Waals surface area contributed by atoms with Gasteiger partial charge in [-0.2, -0.15) is 15.0 Å². The van der Waals surface area contributed by atoms with E-state index in [0.717, 1.165) is 28.1 Å². The molecule has 238 valence electrons. The Hall–Kier alpha value is -4.85. The number of carbonyl (C=O) groups excluding carboxylic acids is 1. The van der Waals surface area contributed by atoms with E-state index in [0.29, 0.717) is 70.5 Å². The largest absolute Gasteiger partial charge is 0.497 e. The molecule has 0 aliphatic heterocycles. The van der Waals surface area contributed by atoms with Gasteiger partial charge in [0.2, 0.25) is 23.8 Å².